The summed E-state index contributed by atoms with van der Waals surface area (Å²) in [7, 11) is 0. The zero-order chi connectivity index (χ0) is 20.1. The van der Waals surface area contributed by atoms with Crippen molar-refractivity contribution in [2.24, 2.45) is 0 Å². The van der Waals surface area contributed by atoms with Crippen molar-refractivity contribution in [3.8, 4) is 11.5 Å². The van der Waals surface area contributed by atoms with Crippen molar-refractivity contribution in [3.63, 3.8) is 0 Å². The van der Waals surface area contributed by atoms with Crippen molar-refractivity contribution >= 4 is 34.1 Å². The molecule has 28 heavy (non-hydrogen) atoms. The molecule has 0 fully saturated rings. The number of aryl methyl sites for hydroxylation is 2. The zero-order valence-electron chi connectivity index (χ0n) is 16.2. The highest BCUT2D eigenvalue weighted by molar-refractivity contribution is 6.32. The average Bonchev–Trinajstić information content (AvgIpc) is 2.69. The summed E-state index contributed by atoms with van der Waals surface area (Å²) in [5, 5.41) is 4.42. The predicted molar refractivity (Wildman–Crippen MR) is 113 cm³/mol. The molecule has 1 heterocycles. The molecule has 0 aliphatic carbocycles. The van der Waals surface area contributed by atoms with E-state index in [1.165, 1.54) is 0 Å². The van der Waals surface area contributed by atoms with Gasteiger partial charge in [-0.05, 0) is 67.8 Å². The lowest BCUT2D eigenvalue weighted by atomic mass is 10.1. The second-order valence-electron chi connectivity index (χ2n) is 6.57. The van der Waals surface area contributed by atoms with Gasteiger partial charge in [-0.2, -0.15) is 0 Å². The third-order valence-corrected chi connectivity index (χ3v) is 4.84. The number of carbonyl (C=O) groups excluding carboxylic acids is 1. The van der Waals surface area contributed by atoms with E-state index in [9.17, 15) is 4.79 Å². The number of carbonyl (C=O) groups is 1. The zero-order valence-corrected chi connectivity index (χ0v) is 17.0. The monoisotopic (exact) mass is 398 g/mol. The van der Waals surface area contributed by atoms with Crippen LogP contribution in [0, 0.1) is 13.8 Å². The van der Waals surface area contributed by atoms with Crippen molar-refractivity contribution in [1.82, 2.24) is 4.98 Å². The summed E-state index contributed by atoms with van der Waals surface area (Å²) < 4.78 is 11.4. The van der Waals surface area contributed by atoms with Crippen LogP contribution in [0.25, 0.3) is 10.9 Å². The molecule has 0 aliphatic heterocycles. The fourth-order valence-corrected chi connectivity index (χ4v) is 3.02. The number of aromatic nitrogens is 1. The Bertz CT molecular complexity index is 981. The van der Waals surface area contributed by atoms with Gasteiger partial charge in [0, 0.05) is 16.6 Å². The van der Waals surface area contributed by atoms with Crippen molar-refractivity contribution in [2.75, 3.05) is 18.5 Å². The Morgan fingerprint density at radius 3 is 2.61 bits per heavy atom. The van der Waals surface area contributed by atoms with Gasteiger partial charge < -0.3 is 14.8 Å². The van der Waals surface area contributed by atoms with Gasteiger partial charge in [-0.1, -0.05) is 18.5 Å². The van der Waals surface area contributed by atoms with Gasteiger partial charge in [0.15, 0.2) is 6.61 Å². The first-order valence-electron chi connectivity index (χ1n) is 9.19. The number of ether oxygens (including phenoxy) is 2. The molecule has 5 nitrogen and oxygen atoms in total. The molecular weight excluding hydrogens is 376 g/mol. The van der Waals surface area contributed by atoms with Gasteiger partial charge in [0.05, 0.1) is 12.3 Å². The molecule has 2 aromatic carbocycles. The minimum Gasteiger partial charge on any atom is -0.491 e. The maximum Gasteiger partial charge on any atom is 0.262 e. The third kappa shape index (κ3) is 4.54. The Morgan fingerprint density at radius 2 is 1.89 bits per heavy atom. The Labute approximate surface area is 169 Å². The van der Waals surface area contributed by atoms with Crippen LogP contribution in [-0.4, -0.2) is 24.1 Å². The molecule has 6 heteroatoms. The van der Waals surface area contributed by atoms with E-state index < -0.39 is 0 Å². The number of amides is 1. The maximum atomic E-state index is 12.4. The summed E-state index contributed by atoms with van der Waals surface area (Å²) in [6, 6.07) is 11.0. The van der Waals surface area contributed by atoms with Crippen LogP contribution >= 0.6 is 11.6 Å². The normalized spacial score (nSPS) is 10.7. The quantitative estimate of drug-likeness (QED) is 0.585. The second-order valence-corrected chi connectivity index (χ2v) is 6.95. The molecule has 0 atom stereocenters. The van der Waals surface area contributed by atoms with E-state index in [-0.39, 0.29) is 12.5 Å². The summed E-state index contributed by atoms with van der Waals surface area (Å²) in [4.78, 5) is 16.8. The Morgan fingerprint density at radius 1 is 1.14 bits per heavy atom. The highest BCUT2D eigenvalue weighted by Crippen LogP contribution is 2.30. The second kappa shape index (κ2) is 8.93. The SMILES string of the molecule is CCCOc1ccc(NC(=O)COc2cc(C)c(Cl)c(C)c2)c2cccnc12. The minimum atomic E-state index is -0.252. The number of benzene rings is 2. The van der Waals surface area contributed by atoms with Crippen molar-refractivity contribution in [3.05, 3.63) is 58.7 Å². The molecule has 0 bridgehead atoms. The number of fused-ring (bicyclic) bond motifs is 1. The number of nitrogens with one attached hydrogen (secondary N) is 1. The first kappa shape index (κ1) is 20.0. The Balaban J connectivity index is 1.73. The minimum absolute atomic E-state index is 0.101. The lowest BCUT2D eigenvalue weighted by molar-refractivity contribution is -0.118. The number of anilines is 1. The number of nitrogens with zero attached hydrogens (tertiary/aromatic N) is 1. The molecule has 0 saturated heterocycles. The van der Waals surface area contributed by atoms with Gasteiger partial charge in [0.1, 0.15) is 17.0 Å². The van der Waals surface area contributed by atoms with Crippen LogP contribution in [0.2, 0.25) is 5.02 Å². The maximum absolute atomic E-state index is 12.4. The van der Waals surface area contributed by atoms with Crippen LogP contribution in [0.15, 0.2) is 42.6 Å². The van der Waals surface area contributed by atoms with Gasteiger partial charge in [-0.15, -0.1) is 0 Å². The van der Waals surface area contributed by atoms with Crippen LogP contribution in [0.3, 0.4) is 0 Å². The molecule has 1 aromatic heterocycles. The van der Waals surface area contributed by atoms with Crippen LogP contribution < -0.4 is 14.8 Å². The molecule has 0 radical (unpaired) electrons. The molecule has 146 valence electrons. The van der Waals surface area contributed by atoms with Gasteiger partial charge >= 0.3 is 0 Å². The molecule has 3 rings (SSSR count). The van der Waals surface area contributed by atoms with E-state index in [0.717, 1.165) is 28.5 Å². The van der Waals surface area contributed by atoms with E-state index in [1.807, 2.05) is 57.2 Å². The smallest absolute Gasteiger partial charge is 0.262 e. The van der Waals surface area contributed by atoms with Crippen LogP contribution in [0.5, 0.6) is 11.5 Å². The van der Waals surface area contributed by atoms with E-state index in [2.05, 4.69) is 10.3 Å². The van der Waals surface area contributed by atoms with E-state index >= 15 is 0 Å². The van der Waals surface area contributed by atoms with Crippen molar-refractivity contribution < 1.29 is 14.3 Å². The van der Waals surface area contributed by atoms with Crippen LogP contribution in [0.1, 0.15) is 24.5 Å². The summed E-state index contributed by atoms with van der Waals surface area (Å²) in [5.74, 6) is 1.07. The fourth-order valence-electron chi connectivity index (χ4n) is 2.91. The molecule has 3 aromatic rings. The topological polar surface area (TPSA) is 60.5 Å². The molecule has 0 unspecified atom stereocenters. The van der Waals surface area contributed by atoms with E-state index in [4.69, 9.17) is 21.1 Å². The van der Waals surface area contributed by atoms with Crippen molar-refractivity contribution in [2.45, 2.75) is 27.2 Å². The number of hydrogen-bond donors (Lipinski definition) is 1. The largest absolute Gasteiger partial charge is 0.491 e. The summed E-state index contributed by atoms with van der Waals surface area (Å²) in [6.45, 7) is 6.38. The molecule has 1 N–H and O–H groups in total. The Kier molecular flexibility index (Phi) is 6.37. The predicted octanol–water partition coefficient (Wildman–Crippen LogP) is 5.31. The van der Waals surface area contributed by atoms with Gasteiger partial charge in [0.25, 0.3) is 5.91 Å². The number of rotatable bonds is 7. The van der Waals surface area contributed by atoms with Gasteiger partial charge in [-0.3, -0.25) is 9.78 Å². The van der Waals surface area contributed by atoms with Gasteiger partial charge in [-0.25, -0.2) is 0 Å². The first-order valence-corrected chi connectivity index (χ1v) is 9.57. The summed E-state index contributed by atoms with van der Waals surface area (Å²) >= 11 is 6.17. The standard InChI is InChI=1S/C22H23ClN2O3/c1-4-10-27-19-8-7-18(17-6-5-9-24-22(17)19)25-20(26)13-28-16-11-14(2)21(23)15(3)12-16/h5-9,11-12H,4,10,13H2,1-3H3,(H,25,26). The number of halogens is 1. The third-order valence-electron chi connectivity index (χ3n) is 4.25. The van der Waals surface area contributed by atoms with Crippen LogP contribution in [-0.2, 0) is 4.79 Å². The highest BCUT2D eigenvalue weighted by Gasteiger charge is 2.12. The van der Waals surface area contributed by atoms with Crippen LogP contribution in [0.4, 0.5) is 5.69 Å². The van der Waals surface area contributed by atoms with Gasteiger partial charge in [0.2, 0.25) is 0 Å². The Hall–Kier alpha value is -2.79. The summed E-state index contributed by atoms with van der Waals surface area (Å²) in [6.07, 6.45) is 2.62. The average molecular weight is 399 g/mol. The highest BCUT2D eigenvalue weighted by atomic mass is 35.5. The lowest BCUT2D eigenvalue weighted by Crippen LogP contribution is -2.20. The summed E-state index contributed by atoms with van der Waals surface area (Å²) in [5.41, 5.74) is 3.22. The van der Waals surface area contributed by atoms with E-state index in [0.29, 0.717) is 28.8 Å². The molecular formula is C22H23ClN2O3. The fraction of sp³-hybridized carbons (Fsp3) is 0.273. The van der Waals surface area contributed by atoms with Crippen molar-refractivity contribution in [1.29, 1.82) is 0 Å². The molecule has 1 amide bonds. The molecule has 0 saturated carbocycles. The first-order chi connectivity index (χ1) is 13.5. The number of hydrogen-bond acceptors (Lipinski definition) is 4. The number of pyridine rings is 1. The van der Waals surface area contributed by atoms with E-state index in [1.54, 1.807) is 6.20 Å². The lowest BCUT2D eigenvalue weighted by Gasteiger charge is -2.13. The molecule has 0 aliphatic rings. The molecule has 0 spiro atoms.